The van der Waals surface area contributed by atoms with Gasteiger partial charge in [-0.3, -0.25) is 4.79 Å². The predicted molar refractivity (Wildman–Crippen MR) is 43.9 cm³/mol. The van der Waals surface area contributed by atoms with Crippen LogP contribution in [0.2, 0.25) is 0 Å². The third-order valence-electron chi connectivity index (χ3n) is 1.07. The first kappa shape index (κ1) is 9.15. The standard InChI is InChI=1S/C9H14O/c1-3-5-6-8-9(10)7-4-2/h4,6-8H,3,5H2,1-2H3. The average molecular weight is 138 g/mol. The maximum Gasteiger partial charge on any atom is 0.177 e. The summed E-state index contributed by atoms with van der Waals surface area (Å²) in [6, 6.07) is 0. The van der Waals surface area contributed by atoms with E-state index in [2.05, 4.69) is 6.92 Å². The van der Waals surface area contributed by atoms with Gasteiger partial charge < -0.3 is 0 Å². The normalized spacial score (nSPS) is 11.4. The molecule has 0 heterocycles. The van der Waals surface area contributed by atoms with E-state index in [9.17, 15) is 4.79 Å². The molecule has 0 atom stereocenters. The third-order valence-corrected chi connectivity index (χ3v) is 1.07. The number of carbonyl (C=O) groups is 1. The van der Waals surface area contributed by atoms with Gasteiger partial charge in [0.15, 0.2) is 5.78 Å². The first-order valence-electron chi connectivity index (χ1n) is 3.64. The van der Waals surface area contributed by atoms with E-state index in [0.29, 0.717) is 0 Å². The van der Waals surface area contributed by atoms with Crippen LogP contribution in [-0.2, 0) is 4.79 Å². The average Bonchev–Trinajstić information content (AvgIpc) is 1.89. The number of unbranched alkanes of at least 4 members (excludes halogenated alkanes) is 1. The highest BCUT2D eigenvalue weighted by Crippen LogP contribution is 1.89. The van der Waals surface area contributed by atoms with E-state index in [-0.39, 0.29) is 5.78 Å². The maximum atomic E-state index is 10.7. The molecule has 0 aliphatic carbocycles. The van der Waals surface area contributed by atoms with Crippen LogP contribution in [0, 0.1) is 0 Å². The van der Waals surface area contributed by atoms with Crippen molar-refractivity contribution >= 4 is 5.78 Å². The lowest BCUT2D eigenvalue weighted by atomic mass is 10.2. The Morgan fingerprint density at radius 3 is 2.60 bits per heavy atom. The van der Waals surface area contributed by atoms with Crippen LogP contribution in [0.1, 0.15) is 26.7 Å². The van der Waals surface area contributed by atoms with Gasteiger partial charge in [0, 0.05) is 0 Å². The molecule has 0 saturated heterocycles. The van der Waals surface area contributed by atoms with Crippen molar-refractivity contribution in [2.24, 2.45) is 0 Å². The molecule has 0 radical (unpaired) electrons. The van der Waals surface area contributed by atoms with Gasteiger partial charge in [-0.1, -0.05) is 25.5 Å². The smallest absolute Gasteiger partial charge is 0.177 e. The van der Waals surface area contributed by atoms with E-state index >= 15 is 0 Å². The Morgan fingerprint density at radius 1 is 1.40 bits per heavy atom. The van der Waals surface area contributed by atoms with Crippen molar-refractivity contribution in [3.63, 3.8) is 0 Å². The molecule has 10 heavy (non-hydrogen) atoms. The molecule has 1 heteroatoms. The lowest BCUT2D eigenvalue weighted by Crippen LogP contribution is -1.82. The highest BCUT2D eigenvalue weighted by atomic mass is 16.1. The molecular weight excluding hydrogens is 124 g/mol. The van der Waals surface area contributed by atoms with Crippen molar-refractivity contribution in [3.05, 3.63) is 24.3 Å². The highest BCUT2D eigenvalue weighted by molar-refractivity contribution is 5.98. The number of carbonyl (C=O) groups excluding carboxylic acids is 1. The molecule has 56 valence electrons. The molecule has 0 bridgehead atoms. The van der Waals surface area contributed by atoms with Gasteiger partial charge in [-0.15, -0.1) is 0 Å². The van der Waals surface area contributed by atoms with E-state index in [4.69, 9.17) is 0 Å². The van der Waals surface area contributed by atoms with Gasteiger partial charge in [-0.25, -0.2) is 0 Å². The SMILES string of the molecule is CC=CC(=O)C=CCCC. The third kappa shape index (κ3) is 5.29. The first-order chi connectivity index (χ1) is 4.81. The number of hydrogen-bond donors (Lipinski definition) is 0. The Morgan fingerprint density at radius 2 is 2.10 bits per heavy atom. The molecule has 0 aliphatic rings. The molecule has 0 rings (SSSR count). The molecule has 0 amide bonds. The van der Waals surface area contributed by atoms with E-state index in [1.165, 1.54) is 0 Å². The van der Waals surface area contributed by atoms with Crippen LogP contribution in [0.3, 0.4) is 0 Å². The molecule has 0 aromatic carbocycles. The number of rotatable bonds is 4. The summed E-state index contributed by atoms with van der Waals surface area (Å²) in [6.07, 6.45) is 8.92. The minimum atomic E-state index is 0.0796. The summed E-state index contributed by atoms with van der Waals surface area (Å²) in [5, 5.41) is 0. The van der Waals surface area contributed by atoms with Gasteiger partial charge in [0.25, 0.3) is 0 Å². The molecule has 0 fully saturated rings. The first-order valence-corrected chi connectivity index (χ1v) is 3.64. The summed E-state index contributed by atoms with van der Waals surface area (Å²) in [5.41, 5.74) is 0. The Balaban J connectivity index is 3.56. The second-order valence-corrected chi connectivity index (χ2v) is 2.09. The van der Waals surface area contributed by atoms with Crippen molar-refractivity contribution < 1.29 is 4.79 Å². The molecule has 0 N–H and O–H groups in total. The summed E-state index contributed by atoms with van der Waals surface area (Å²) in [6.45, 7) is 3.93. The van der Waals surface area contributed by atoms with Gasteiger partial charge >= 0.3 is 0 Å². The van der Waals surface area contributed by atoms with Crippen molar-refractivity contribution in [1.29, 1.82) is 0 Å². The number of allylic oxidation sites excluding steroid dienone is 4. The molecule has 0 aromatic rings. The largest absolute Gasteiger partial charge is 0.290 e. The van der Waals surface area contributed by atoms with E-state index < -0.39 is 0 Å². The van der Waals surface area contributed by atoms with Crippen LogP contribution in [0.5, 0.6) is 0 Å². The van der Waals surface area contributed by atoms with Crippen LogP contribution in [-0.4, -0.2) is 5.78 Å². The fourth-order valence-electron chi connectivity index (χ4n) is 0.586. The van der Waals surface area contributed by atoms with Crippen molar-refractivity contribution in [3.8, 4) is 0 Å². The zero-order chi connectivity index (χ0) is 7.82. The summed E-state index contributed by atoms with van der Waals surface area (Å²) in [4.78, 5) is 10.7. The van der Waals surface area contributed by atoms with Crippen LogP contribution >= 0.6 is 0 Å². The van der Waals surface area contributed by atoms with Crippen LogP contribution in [0.4, 0.5) is 0 Å². The topological polar surface area (TPSA) is 17.1 Å². The van der Waals surface area contributed by atoms with Crippen LogP contribution < -0.4 is 0 Å². The van der Waals surface area contributed by atoms with E-state index in [1.807, 2.05) is 13.0 Å². The minimum absolute atomic E-state index is 0.0796. The summed E-state index contributed by atoms with van der Waals surface area (Å²) in [5.74, 6) is 0.0796. The molecule has 0 saturated carbocycles. The second kappa shape index (κ2) is 6.27. The Labute approximate surface area is 62.4 Å². The molecule has 1 nitrogen and oxygen atoms in total. The Kier molecular flexibility index (Phi) is 5.74. The summed E-state index contributed by atoms with van der Waals surface area (Å²) >= 11 is 0. The molecule has 0 unspecified atom stereocenters. The molecular formula is C9H14O. The van der Waals surface area contributed by atoms with E-state index in [1.54, 1.807) is 18.2 Å². The van der Waals surface area contributed by atoms with E-state index in [0.717, 1.165) is 12.8 Å². The number of hydrogen-bond acceptors (Lipinski definition) is 1. The lowest BCUT2D eigenvalue weighted by molar-refractivity contribution is -0.110. The van der Waals surface area contributed by atoms with Gasteiger partial charge in [0.1, 0.15) is 0 Å². The van der Waals surface area contributed by atoms with Gasteiger partial charge in [0.05, 0.1) is 0 Å². The quantitative estimate of drug-likeness (QED) is 0.545. The fourth-order valence-corrected chi connectivity index (χ4v) is 0.586. The Bertz CT molecular complexity index is 143. The van der Waals surface area contributed by atoms with Crippen molar-refractivity contribution in [2.45, 2.75) is 26.7 Å². The van der Waals surface area contributed by atoms with Gasteiger partial charge in [-0.2, -0.15) is 0 Å². The second-order valence-electron chi connectivity index (χ2n) is 2.09. The lowest BCUT2D eigenvalue weighted by Gasteiger charge is -1.82. The highest BCUT2D eigenvalue weighted by Gasteiger charge is 1.83. The zero-order valence-electron chi connectivity index (χ0n) is 6.63. The Hall–Kier alpha value is -0.850. The van der Waals surface area contributed by atoms with Crippen molar-refractivity contribution in [2.75, 3.05) is 0 Å². The molecule has 0 aromatic heterocycles. The minimum Gasteiger partial charge on any atom is -0.290 e. The van der Waals surface area contributed by atoms with Crippen LogP contribution in [0.25, 0.3) is 0 Å². The zero-order valence-corrected chi connectivity index (χ0v) is 6.63. The predicted octanol–water partition coefficient (Wildman–Crippen LogP) is 2.49. The van der Waals surface area contributed by atoms with Crippen molar-refractivity contribution in [1.82, 2.24) is 0 Å². The molecule has 0 spiro atoms. The van der Waals surface area contributed by atoms with Gasteiger partial charge in [0.2, 0.25) is 0 Å². The van der Waals surface area contributed by atoms with Crippen LogP contribution in [0.15, 0.2) is 24.3 Å². The fraction of sp³-hybridized carbons (Fsp3) is 0.444. The molecule has 0 aliphatic heterocycles. The monoisotopic (exact) mass is 138 g/mol. The summed E-state index contributed by atoms with van der Waals surface area (Å²) in [7, 11) is 0. The number of ketones is 1. The summed E-state index contributed by atoms with van der Waals surface area (Å²) < 4.78 is 0. The maximum absolute atomic E-state index is 10.7. The van der Waals surface area contributed by atoms with Gasteiger partial charge in [-0.05, 0) is 25.5 Å².